The van der Waals surface area contributed by atoms with Gasteiger partial charge in [-0.05, 0) is 39.2 Å². The lowest BCUT2D eigenvalue weighted by molar-refractivity contribution is 0.122. The standard InChI is InChI=1S/C16H19NO2/c1-16(2)9-11-5-3-8-14(15(11)19-16)18-13-7-4-6-12(13)10-17/h3,5,8,12-13H,4,6-7,9H2,1-2H3. The number of para-hydroxylation sites is 1. The Hall–Kier alpha value is -1.69. The third-order valence-corrected chi connectivity index (χ3v) is 3.95. The SMILES string of the molecule is CC1(C)Cc2cccc(OC3CCCC3C#N)c2O1. The first kappa shape index (κ1) is 12.3. The number of hydrogen-bond donors (Lipinski definition) is 0. The largest absolute Gasteiger partial charge is 0.485 e. The number of hydrogen-bond acceptors (Lipinski definition) is 3. The molecule has 0 radical (unpaired) electrons. The fraction of sp³-hybridized carbons (Fsp3) is 0.562. The number of nitriles is 1. The maximum absolute atomic E-state index is 9.13. The van der Waals surface area contributed by atoms with Crippen LogP contribution in [0.5, 0.6) is 11.5 Å². The van der Waals surface area contributed by atoms with Crippen LogP contribution >= 0.6 is 0 Å². The number of ether oxygens (including phenoxy) is 2. The molecule has 3 heteroatoms. The molecular formula is C16H19NO2. The molecule has 3 nitrogen and oxygen atoms in total. The van der Waals surface area contributed by atoms with Crippen molar-refractivity contribution in [1.29, 1.82) is 5.26 Å². The van der Waals surface area contributed by atoms with Gasteiger partial charge < -0.3 is 9.47 Å². The van der Waals surface area contributed by atoms with E-state index in [4.69, 9.17) is 14.7 Å². The molecule has 1 saturated carbocycles. The quantitative estimate of drug-likeness (QED) is 0.814. The molecule has 1 aromatic carbocycles. The average molecular weight is 257 g/mol. The van der Waals surface area contributed by atoms with Gasteiger partial charge in [0.2, 0.25) is 0 Å². The van der Waals surface area contributed by atoms with E-state index in [1.807, 2.05) is 12.1 Å². The monoisotopic (exact) mass is 257 g/mol. The Balaban J connectivity index is 1.84. The molecule has 0 amide bonds. The van der Waals surface area contributed by atoms with Crippen LogP contribution in [0.2, 0.25) is 0 Å². The van der Waals surface area contributed by atoms with E-state index in [1.165, 1.54) is 5.56 Å². The van der Waals surface area contributed by atoms with Crippen LogP contribution in [-0.2, 0) is 6.42 Å². The molecule has 0 bridgehead atoms. The average Bonchev–Trinajstić information content (AvgIpc) is 2.92. The first-order chi connectivity index (χ1) is 9.09. The molecule has 0 spiro atoms. The maximum atomic E-state index is 9.13. The van der Waals surface area contributed by atoms with Gasteiger partial charge in [-0.15, -0.1) is 0 Å². The fourth-order valence-corrected chi connectivity index (χ4v) is 3.06. The van der Waals surface area contributed by atoms with Gasteiger partial charge in [0, 0.05) is 12.0 Å². The van der Waals surface area contributed by atoms with Crippen molar-refractivity contribution in [2.24, 2.45) is 5.92 Å². The van der Waals surface area contributed by atoms with Crippen LogP contribution in [0.15, 0.2) is 18.2 Å². The maximum Gasteiger partial charge on any atom is 0.165 e. The summed E-state index contributed by atoms with van der Waals surface area (Å²) in [4.78, 5) is 0. The number of fused-ring (bicyclic) bond motifs is 1. The molecule has 1 aliphatic carbocycles. The van der Waals surface area contributed by atoms with Crippen molar-refractivity contribution in [3.8, 4) is 17.6 Å². The summed E-state index contributed by atoms with van der Waals surface area (Å²) >= 11 is 0. The van der Waals surface area contributed by atoms with Gasteiger partial charge in [-0.25, -0.2) is 0 Å². The third-order valence-electron chi connectivity index (χ3n) is 3.95. The van der Waals surface area contributed by atoms with Crippen LogP contribution in [-0.4, -0.2) is 11.7 Å². The van der Waals surface area contributed by atoms with Gasteiger partial charge >= 0.3 is 0 Å². The predicted octanol–water partition coefficient (Wildman–Crippen LogP) is 3.47. The highest BCUT2D eigenvalue weighted by atomic mass is 16.5. The first-order valence-electron chi connectivity index (χ1n) is 6.96. The highest BCUT2D eigenvalue weighted by molar-refractivity contribution is 5.50. The summed E-state index contributed by atoms with van der Waals surface area (Å²) in [6.07, 6.45) is 3.91. The van der Waals surface area contributed by atoms with Gasteiger partial charge in [-0.3, -0.25) is 0 Å². The Bertz CT molecular complexity index is 530. The summed E-state index contributed by atoms with van der Waals surface area (Å²) in [5, 5.41) is 9.13. The van der Waals surface area contributed by atoms with Gasteiger partial charge in [0.05, 0.1) is 12.0 Å². The van der Waals surface area contributed by atoms with E-state index in [2.05, 4.69) is 26.0 Å². The number of benzene rings is 1. The van der Waals surface area contributed by atoms with Crippen molar-refractivity contribution in [2.75, 3.05) is 0 Å². The predicted molar refractivity (Wildman–Crippen MR) is 72.2 cm³/mol. The van der Waals surface area contributed by atoms with Crippen LogP contribution in [0.25, 0.3) is 0 Å². The summed E-state index contributed by atoms with van der Waals surface area (Å²) in [6, 6.07) is 8.40. The third kappa shape index (κ3) is 2.28. The minimum absolute atomic E-state index is 0.0174. The van der Waals surface area contributed by atoms with Crippen LogP contribution in [0.3, 0.4) is 0 Å². The molecule has 0 saturated heterocycles. The zero-order chi connectivity index (χ0) is 13.5. The van der Waals surface area contributed by atoms with Crippen LogP contribution in [0, 0.1) is 17.2 Å². The molecule has 1 fully saturated rings. The molecule has 2 aliphatic rings. The molecule has 0 aromatic heterocycles. The smallest absolute Gasteiger partial charge is 0.165 e. The molecule has 19 heavy (non-hydrogen) atoms. The Morgan fingerprint density at radius 2 is 2.21 bits per heavy atom. The van der Waals surface area contributed by atoms with E-state index < -0.39 is 0 Å². The van der Waals surface area contributed by atoms with Crippen molar-refractivity contribution in [3.63, 3.8) is 0 Å². The van der Waals surface area contributed by atoms with E-state index >= 15 is 0 Å². The summed E-state index contributed by atoms with van der Waals surface area (Å²) < 4.78 is 12.1. The van der Waals surface area contributed by atoms with Crippen LogP contribution < -0.4 is 9.47 Å². The minimum Gasteiger partial charge on any atom is -0.485 e. The zero-order valence-electron chi connectivity index (χ0n) is 11.5. The van der Waals surface area contributed by atoms with E-state index in [1.54, 1.807) is 0 Å². The van der Waals surface area contributed by atoms with Crippen LogP contribution in [0.1, 0.15) is 38.7 Å². The molecule has 1 heterocycles. The highest BCUT2D eigenvalue weighted by Gasteiger charge is 2.34. The molecular weight excluding hydrogens is 238 g/mol. The molecule has 100 valence electrons. The van der Waals surface area contributed by atoms with Gasteiger partial charge in [0.25, 0.3) is 0 Å². The van der Waals surface area contributed by atoms with Gasteiger partial charge in [0.1, 0.15) is 11.7 Å². The lowest BCUT2D eigenvalue weighted by Gasteiger charge is -2.21. The molecule has 3 rings (SSSR count). The number of rotatable bonds is 2. The van der Waals surface area contributed by atoms with E-state index in [-0.39, 0.29) is 17.6 Å². The Labute approximate surface area is 114 Å². The number of nitrogens with zero attached hydrogens (tertiary/aromatic N) is 1. The van der Waals surface area contributed by atoms with E-state index in [9.17, 15) is 0 Å². The second-order valence-electron chi connectivity index (χ2n) is 6.11. The van der Waals surface area contributed by atoms with Crippen molar-refractivity contribution in [2.45, 2.75) is 51.2 Å². The van der Waals surface area contributed by atoms with Crippen molar-refractivity contribution < 1.29 is 9.47 Å². The lowest BCUT2D eigenvalue weighted by atomic mass is 10.0. The molecule has 0 N–H and O–H groups in total. The van der Waals surface area contributed by atoms with Crippen molar-refractivity contribution in [3.05, 3.63) is 23.8 Å². The van der Waals surface area contributed by atoms with Crippen molar-refractivity contribution in [1.82, 2.24) is 0 Å². The molecule has 2 atom stereocenters. The van der Waals surface area contributed by atoms with Gasteiger partial charge in [0.15, 0.2) is 11.5 Å². The van der Waals surface area contributed by atoms with Crippen LogP contribution in [0.4, 0.5) is 0 Å². The van der Waals surface area contributed by atoms with Gasteiger partial charge in [-0.1, -0.05) is 12.1 Å². The Kier molecular flexibility index (Phi) is 2.89. The molecule has 2 unspecified atom stereocenters. The molecule has 1 aromatic rings. The second kappa shape index (κ2) is 4.45. The topological polar surface area (TPSA) is 42.2 Å². The second-order valence-corrected chi connectivity index (χ2v) is 6.11. The van der Waals surface area contributed by atoms with Gasteiger partial charge in [-0.2, -0.15) is 5.26 Å². The molecule has 1 aliphatic heterocycles. The minimum atomic E-state index is -0.161. The fourth-order valence-electron chi connectivity index (χ4n) is 3.06. The lowest BCUT2D eigenvalue weighted by Crippen LogP contribution is -2.25. The zero-order valence-corrected chi connectivity index (χ0v) is 11.5. The van der Waals surface area contributed by atoms with E-state index in [0.29, 0.717) is 0 Å². The Morgan fingerprint density at radius 1 is 1.37 bits per heavy atom. The summed E-state index contributed by atoms with van der Waals surface area (Å²) in [5.41, 5.74) is 1.04. The highest BCUT2D eigenvalue weighted by Crippen LogP contribution is 2.43. The summed E-state index contributed by atoms with van der Waals surface area (Å²) in [7, 11) is 0. The normalized spacial score (nSPS) is 27.4. The van der Waals surface area contributed by atoms with Crippen molar-refractivity contribution >= 4 is 0 Å². The summed E-state index contributed by atoms with van der Waals surface area (Å²) in [5.74, 6) is 1.69. The summed E-state index contributed by atoms with van der Waals surface area (Å²) in [6.45, 7) is 4.18. The van der Waals surface area contributed by atoms with E-state index in [0.717, 1.165) is 37.2 Å². The first-order valence-corrected chi connectivity index (χ1v) is 6.96. The Morgan fingerprint density at radius 3 is 3.00 bits per heavy atom.